The number of halogens is 1. The molecule has 2 rings (SSSR count). The Morgan fingerprint density at radius 3 is 2.55 bits per heavy atom. The van der Waals surface area contributed by atoms with Crippen molar-refractivity contribution in [2.24, 2.45) is 11.8 Å². The van der Waals surface area contributed by atoms with Crippen molar-refractivity contribution in [3.8, 4) is 0 Å². The van der Waals surface area contributed by atoms with E-state index in [9.17, 15) is 8.42 Å². The van der Waals surface area contributed by atoms with E-state index in [0.29, 0.717) is 37.2 Å². The lowest BCUT2D eigenvalue weighted by atomic mass is 9.94. The third-order valence-electron chi connectivity index (χ3n) is 3.51. The zero-order valence-corrected chi connectivity index (χ0v) is 14.4. The van der Waals surface area contributed by atoms with E-state index in [1.165, 1.54) is 0 Å². The first-order valence-electron chi connectivity index (χ1n) is 6.77. The number of hydrogen-bond donors (Lipinski definition) is 1. The fourth-order valence-corrected chi connectivity index (χ4v) is 5.42. The molecule has 7 heteroatoms. The van der Waals surface area contributed by atoms with Crippen molar-refractivity contribution < 1.29 is 12.8 Å². The van der Waals surface area contributed by atoms with Crippen molar-refractivity contribution in [2.45, 2.75) is 31.7 Å². The maximum atomic E-state index is 12.7. The second-order valence-electron chi connectivity index (χ2n) is 5.65. The molecule has 1 aliphatic rings. The Bertz CT molecular complexity index is 560. The summed E-state index contributed by atoms with van der Waals surface area (Å²) in [5.41, 5.74) is 0. The third-order valence-corrected chi connectivity index (χ3v) is 6.20. The molecule has 1 N–H and O–H groups in total. The minimum atomic E-state index is -3.49. The van der Waals surface area contributed by atoms with Crippen molar-refractivity contribution in [1.29, 1.82) is 0 Å². The summed E-state index contributed by atoms with van der Waals surface area (Å²) in [5, 5.41) is 2.95. The minimum Gasteiger partial charge on any atom is -0.452 e. The molecule has 20 heavy (non-hydrogen) atoms. The van der Waals surface area contributed by atoms with Crippen LogP contribution in [0.4, 0.5) is 0 Å². The third kappa shape index (κ3) is 3.27. The summed E-state index contributed by atoms with van der Waals surface area (Å²) in [4.78, 5) is 0.226. The fourth-order valence-electron chi connectivity index (χ4n) is 2.78. The van der Waals surface area contributed by atoms with Crippen molar-refractivity contribution in [3.63, 3.8) is 0 Å². The number of nitrogens with zero attached hydrogens (tertiary/aromatic N) is 1. The second-order valence-corrected chi connectivity index (χ2v) is 8.28. The summed E-state index contributed by atoms with van der Waals surface area (Å²) in [5.74, 6) is 1.38. The number of rotatable bonds is 4. The van der Waals surface area contributed by atoms with Crippen molar-refractivity contribution in [2.75, 3.05) is 20.1 Å². The molecule has 0 spiro atoms. The van der Waals surface area contributed by atoms with E-state index < -0.39 is 10.0 Å². The first kappa shape index (κ1) is 16.0. The Labute approximate surface area is 128 Å². The Morgan fingerprint density at radius 1 is 1.40 bits per heavy atom. The van der Waals surface area contributed by atoms with Crippen LogP contribution in [0.25, 0.3) is 0 Å². The van der Waals surface area contributed by atoms with E-state index in [-0.39, 0.29) is 9.56 Å². The number of nitrogens with one attached hydrogen (secondary N) is 1. The lowest BCUT2D eigenvalue weighted by Gasteiger charge is -2.33. The minimum absolute atomic E-state index is 0.226. The molecule has 1 aliphatic heterocycles. The number of piperidine rings is 1. The normalized spacial score (nSPS) is 25.0. The summed E-state index contributed by atoms with van der Waals surface area (Å²) >= 11 is 3.22. The van der Waals surface area contributed by atoms with Crippen LogP contribution in [0.1, 0.15) is 26.0 Å². The molecule has 1 aromatic rings. The van der Waals surface area contributed by atoms with Gasteiger partial charge in [0.2, 0.25) is 10.0 Å². The van der Waals surface area contributed by atoms with E-state index >= 15 is 0 Å². The first-order chi connectivity index (χ1) is 9.34. The van der Waals surface area contributed by atoms with Crippen LogP contribution >= 0.6 is 15.9 Å². The van der Waals surface area contributed by atoms with Crippen LogP contribution in [0.3, 0.4) is 0 Å². The Morgan fingerprint density at radius 2 is 2.00 bits per heavy atom. The van der Waals surface area contributed by atoms with Gasteiger partial charge in [-0.05, 0) is 41.2 Å². The molecule has 2 heterocycles. The molecule has 0 bridgehead atoms. The van der Waals surface area contributed by atoms with Crippen LogP contribution in [0.2, 0.25) is 0 Å². The standard InChI is InChI=1S/C13H21BrN2O3S/c1-9-4-10(2)8-16(7-9)20(17,18)12-5-11(6-15-3)19-13(12)14/h5,9-10,15H,4,6-8H2,1-3H3. The van der Waals surface area contributed by atoms with Gasteiger partial charge in [-0.1, -0.05) is 13.8 Å². The lowest BCUT2D eigenvalue weighted by Crippen LogP contribution is -2.42. The highest BCUT2D eigenvalue weighted by molar-refractivity contribution is 9.10. The molecule has 114 valence electrons. The van der Waals surface area contributed by atoms with Gasteiger partial charge in [0.05, 0.1) is 6.54 Å². The first-order valence-corrected chi connectivity index (χ1v) is 9.00. The number of furan rings is 1. The average molecular weight is 365 g/mol. The fraction of sp³-hybridized carbons (Fsp3) is 0.692. The van der Waals surface area contributed by atoms with Gasteiger partial charge in [-0.3, -0.25) is 0 Å². The maximum absolute atomic E-state index is 12.7. The summed E-state index contributed by atoms with van der Waals surface area (Å²) < 4.78 is 32.8. The van der Waals surface area contributed by atoms with Gasteiger partial charge in [-0.25, -0.2) is 8.42 Å². The molecule has 1 saturated heterocycles. The largest absolute Gasteiger partial charge is 0.452 e. The smallest absolute Gasteiger partial charge is 0.247 e. The van der Waals surface area contributed by atoms with Crippen molar-refractivity contribution in [1.82, 2.24) is 9.62 Å². The molecule has 2 unspecified atom stereocenters. The van der Waals surface area contributed by atoms with Gasteiger partial charge in [-0.2, -0.15) is 4.31 Å². The molecule has 5 nitrogen and oxygen atoms in total. The zero-order valence-electron chi connectivity index (χ0n) is 12.0. The van der Waals surface area contributed by atoms with Crippen LogP contribution < -0.4 is 5.32 Å². The topological polar surface area (TPSA) is 62.6 Å². The molecular weight excluding hydrogens is 344 g/mol. The van der Waals surface area contributed by atoms with E-state index in [1.54, 1.807) is 17.4 Å². The van der Waals surface area contributed by atoms with E-state index in [0.717, 1.165) is 6.42 Å². The highest BCUT2D eigenvalue weighted by atomic mass is 79.9. The Kier molecular flexibility index (Phi) is 4.94. The van der Waals surface area contributed by atoms with Crippen molar-refractivity contribution in [3.05, 3.63) is 16.5 Å². The predicted octanol–water partition coefficient (Wildman–Crippen LogP) is 2.43. The molecule has 0 aromatic carbocycles. The van der Waals surface area contributed by atoms with E-state index in [2.05, 4.69) is 35.1 Å². The van der Waals surface area contributed by atoms with Crippen LogP contribution in [-0.4, -0.2) is 32.9 Å². The zero-order chi connectivity index (χ0) is 14.9. The maximum Gasteiger partial charge on any atom is 0.247 e. The van der Waals surface area contributed by atoms with Gasteiger partial charge in [0.1, 0.15) is 10.7 Å². The quantitative estimate of drug-likeness (QED) is 0.890. The van der Waals surface area contributed by atoms with Gasteiger partial charge in [0.25, 0.3) is 0 Å². The highest BCUT2D eigenvalue weighted by Gasteiger charge is 2.34. The Balaban J connectivity index is 2.30. The Hall–Kier alpha value is -0.370. The van der Waals surface area contributed by atoms with Gasteiger partial charge >= 0.3 is 0 Å². The number of hydrogen-bond acceptors (Lipinski definition) is 4. The number of sulfonamides is 1. The molecule has 0 saturated carbocycles. The van der Waals surface area contributed by atoms with Gasteiger partial charge in [-0.15, -0.1) is 0 Å². The average Bonchev–Trinajstić information content (AvgIpc) is 2.70. The molecular formula is C13H21BrN2O3S. The summed E-state index contributed by atoms with van der Waals surface area (Å²) in [7, 11) is -1.70. The van der Waals surface area contributed by atoms with Crippen LogP contribution in [-0.2, 0) is 16.6 Å². The molecule has 0 aliphatic carbocycles. The molecule has 0 radical (unpaired) electrons. The van der Waals surface area contributed by atoms with Gasteiger partial charge in [0.15, 0.2) is 4.67 Å². The van der Waals surface area contributed by atoms with E-state index in [1.807, 2.05) is 0 Å². The molecule has 1 fully saturated rings. The molecule has 0 amide bonds. The molecule has 2 atom stereocenters. The highest BCUT2D eigenvalue weighted by Crippen LogP contribution is 2.32. The molecule has 1 aromatic heterocycles. The summed E-state index contributed by atoms with van der Waals surface area (Å²) in [6.45, 7) is 5.84. The van der Waals surface area contributed by atoms with Crippen LogP contribution in [0.5, 0.6) is 0 Å². The second kappa shape index (κ2) is 6.17. The van der Waals surface area contributed by atoms with Crippen LogP contribution in [0.15, 0.2) is 20.0 Å². The lowest BCUT2D eigenvalue weighted by molar-refractivity contribution is 0.222. The summed E-state index contributed by atoms with van der Waals surface area (Å²) in [6, 6.07) is 1.60. The van der Waals surface area contributed by atoms with Gasteiger partial charge in [0, 0.05) is 19.2 Å². The van der Waals surface area contributed by atoms with Crippen LogP contribution in [0, 0.1) is 11.8 Å². The predicted molar refractivity (Wildman–Crippen MR) is 80.9 cm³/mol. The van der Waals surface area contributed by atoms with Gasteiger partial charge < -0.3 is 9.73 Å². The van der Waals surface area contributed by atoms with E-state index in [4.69, 9.17) is 4.42 Å². The summed E-state index contributed by atoms with van der Waals surface area (Å²) in [6.07, 6.45) is 1.07. The monoisotopic (exact) mass is 364 g/mol. The SMILES string of the molecule is CNCc1cc(S(=O)(=O)N2CC(C)CC(C)C2)c(Br)o1. The van der Waals surface area contributed by atoms with Crippen molar-refractivity contribution >= 4 is 26.0 Å².